The van der Waals surface area contributed by atoms with Crippen LogP contribution in [0.4, 0.5) is 5.82 Å². The third-order valence-corrected chi connectivity index (χ3v) is 5.38. The Morgan fingerprint density at radius 1 is 1.40 bits per heavy atom. The van der Waals surface area contributed by atoms with Gasteiger partial charge in [-0.3, -0.25) is 0 Å². The summed E-state index contributed by atoms with van der Waals surface area (Å²) in [6.45, 7) is 0. The van der Waals surface area contributed by atoms with Gasteiger partial charge in [0.25, 0.3) is 0 Å². The molecule has 1 fully saturated rings. The highest BCUT2D eigenvalue weighted by molar-refractivity contribution is 7.91. The Bertz CT molecular complexity index is 723. The molecule has 0 bridgehead atoms. The molecular weight excluding hydrogens is 276 g/mol. The van der Waals surface area contributed by atoms with Crippen LogP contribution in [0.5, 0.6) is 0 Å². The largest absolute Gasteiger partial charge is 0.384 e. The topological polar surface area (TPSA) is 90.9 Å². The van der Waals surface area contributed by atoms with Gasteiger partial charge in [0.15, 0.2) is 9.84 Å². The Balaban J connectivity index is 1.98. The number of imidazole rings is 1. The highest BCUT2D eigenvalue weighted by atomic mass is 32.2. The summed E-state index contributed by atoms with van der Waals surface area (Å²) in [5.41, 5.74) is 7.48. The zero-order chi connectivity index (χ0) is 14.2. The molecule has 1 aliphatic rings. The number of hydrogen-bond donors (Lipinski definition) is 1. The summed E-state index contributed by atoms with van der Waals surface area (Å²) < 4.78 is 25.5. The van der Waals surface area contributed by atoms with Crippen molar-refractivity contribution in [2.45, 2.75) is 18.9 Å². The number of pyridine rings is 1. The monoisotopic (exact) mass is 292 g/mol. The number of sulfone groups is 1. The number of aromatic nitrogens is 3. The summed E-state index contributed by atoms with van der Waals surface area (Å²) in [5.74, 6) is 0.902. The number of rotatable bonds is 2. The maximum absolute atomic E-state index is 11.8. The van der Waals surface area contributed by atoms with Gasteiger partial charge in [-0.1, -0.05) is 0 Å². The molecular formula is C13H16N4O2S. The van der Waals surface area contributed by atoms with Gasteiger partial charge in [0.05, 0.1) is 29.7 Å². The lowest BCUT2D eigenvalue weighted by Gasteiger charge is -2.25. The molecule has 7 heteroatoms. The highest BCUT2D eigenvalue weighted by Crippen LogP contribution is 2.29. The van der Waals surface area contributed by atoms with E-state index in [1.165, 1.54) is 0 Å². The van der Waals surface area contributed by atoms with Crippen LogP contribution in [-0.4, -0.2) is 34.5 Å². The van der Waals surface area contributed by atoms with Crippen molar-refractivity contribution in [3.05, 3.63) is 30.9 Å². The van der Waals surface area contributed by atoms with E-state index < -0.39 is 9.84 Å². The van der Waals surface area contributed by atoms with E-state index in [-0.39, 0.29) is 17.5 Å². The molecule has 0 spiro atoms. The molecule has 106 valence electrons. The zero-order valence-electron chi connectivity index (χ0n) is 10.9. The van der Waals surface area contributed by atoms with Gasteiger partial charge in [0.2, 0.25) is 0 Å². The summed E-state index contributed by atoms with van der Waals surface area (Å²) in [4.78, 5) is 8.13. The first kappa shape index (κ1) is 13.1. The van der Waals surface area contributed by atoms with Gasteiger partial charge >= 0.3 is 0 Å². The molecule has 2 aromatic rings. The van der Waals surface area contributed by atoms with Crippen LogP contribution in [0, 0.1) is 0 Å². The fraction of sp³-hybridized carbons (Fsp3) is 0.385. The minimum absolute atomic E-state index is 0.0550. The summed E-state index contributed by atoms with van der Waals surface area (Å²) in [7, 11) is -2.95. The molecule has 0 radical (unpaired) electrons. The van der Waals surface area contributed by atoms with Crippen LogP contribution in [0.15, 0.2) is 30.9 Å². The van der Waals surface area contributed by atoms with Crippen molar-refractivity contribution in [2.24, 2.45) is 0 Å². The van der Waals surface area contributed by atoms with Crippen molar-refractivity contribution in [3.63, 3.8) is 0 Å². The highest BCUT2D eigenvalue weighted by Gasteiger charge is 2.27. The number of nitrogens with zero attached hydrogens (tertiary/aromatic N) is 3. The Morgan fingerprint density at radius 3 is 3.00 bits per heavy atom. The fourth-order valence-electron chi connectivity index (χ4n) is 2.64. The smallest absolute Gasteiger partial charge is 0.152 e. The molecule has 0 amide bonds. The quantitative estimate of drug-likeness (QED) is 0.900. The summed E-state index contributed by atoms with van der Waals surface area (Å²) >= 11 is 0. The summed E-state index contributed by atoms with van der Waals surface area (Å²) in [6.07, 6.45) is 6.61. The van der Waals surface area contributed by atoms with Crippen molar-refractivity contribution in [2.75, 3.05) is 17.2 Å². The second kappa shape index (κ2) is 4.90. The molecule has 2 N–H and O–H groups in total. The molecule has 20 heavy (non-hydrogen) atoms. The second-order valence-corrected chi connectivity index (χ2v) is 7.29. The van der Waals surface area contributed by atoms with Crippen LogP contribution >= 0.6 is 0 Å². The zero-order valence-corrected chi connectivity index (χ0v) is 11.8. The fourth-order valence-corrected chi connectivity index (χ4v) is 4.33. The average molecular weight is 292 g/mol. The van der Waals surface area contributed by atoms with Gasteiger partial charge < -0.3 is 10.3 Å². The Hall–Kier alpha value is -1.89. The predicted molar refractivity (Wildman–Crippen MR) is 76.8 cm³/mol. The molecule has 1 aliphatic heterocycles. The number of hydrogen-bond acceptors (Lipinski definition) is 5. The van der Waals surface area contributed by atoms with Gasteiger partial charge in [-0.2, -0.15) is 0 Å². The van der Waals surface area contributed by atoms with Crippen molar-refractivity contribution >= 4 is 15.7 Å². The predicted octanol–water partition coefficient (Wildman–Crippen LogP) is 1.28. The first-order valence-electron chi connectivity index (χ1n) is 6.49. The van der Waals surface area contributed by atoms with E-state index in [1.807, 2.05) is 10.6 Å². The lowest BCUT2D eigenvalue weighted by molar-refractivity contribution is 0.473. The van der Waals surface area contributed by atoms with E-state index in [0.717, 1.165) is 17.7 Å². The second-order valence-electron chi connectivity index (χ2n) is 5.07. The number of nitrogen functional groups attached to an aromatic ring is 1. The number of anilines is 1. The molecule has 2 aromatic heterocycles. The maximum Gasteiger partial charge on any atom is 0.152 e. The van der Waals surface area contributed by atoms with Crippen molar-refractivity contribution in [3.8, 4) is 11.3 Å². The van der Waals surface area contributed by atoms with Gasteiger partial charge in [-0.25, -0.2) is 18.4 Å². The third-order valence-electron chi connectivity index (χ3n) is 3.58. The van der Waals surface area contributed by atoms with Gasteiger partial charge in [-0.15, -0.1) is 0 Å². The first-order valence-corrected chi connectivity index (χ1v) is 8.31. The van der Waals surface area contributed by atoms with Crippen molar-refractivity contribution in [1.29, 1.82) is 0 Å². The van der Waals surface area contributed by atoms with Crippen LogP contribution in [0.2, 0.25) is 0 Å². The average Bonchev–Trinajstić information content (AvgIpc) is 2.86. The van der Waals surface area contributed by atoms with Crippen LogP contribution in [0.25, 0.3) is 11.3 Å². The maximum atomic E-state index is 11.8. The summed E-state index contributed by atoms with van der Waals surface area (Å²) in [5, 5.41) is 0. The molecule has 0 saturated carbocycles. The molecule has 1 unspecified atom stereocenters. The molecule has 1 atom stereocenters. The van der Waals surface area contributed by atoms with E-state index in [0.29, 0.717) is 12.2 Å². The SMILES string of the molecule is Nc1cc(-c2cncn2C2CCCS(=O)(=O)C2)ccn1. The van der Waals surface area contributed by atoms with Crippen LogP contribution in [0.3, 0.4) is 0 Å². The molecule has 3 rings (SSSR count). The summed E-state index contributed by atoms with van der Waals surface area (Å²) in [6, 6.07) is 3.56. The number of nitrogens with two attached hydrogens (primary N) is 1. The molecule has 1 saturated heterocycles. The minimum atomic E-state index is -2.95. The van der Waals surface area contributed by atoms with Crippen molar-refractivity contribution < 1.29 is 8.42 Å². The van der Waals surface area contributed by atoms with Crippen LogP contribution in [-0.2, 0) is 9.84 Å². The normalized spacial score (nSPS) is 21.7. The van der Waals surface area contributed by atoms with Gasteiger partial charge in [0, 0.05) is 17.8 Å². The lowest BCUT2D eigenvalue weighted by atomic mass is 10.1. The molecule has 3 heterocycles. The van der Waals surface area contributed by atoms with E-state index in [9.17, 15) is 8.42 Å². The Morgan fingerprint density at radius 2 is 2.25 bits per heavy atom. The van der Waals surface area contributed by atoms with Crippen LogP contribution in [0.1, 0.15) is 18.9 Å². The van der Waals surface area contributed by atoms with E-state index in [1.54, 1.807) is 24.8 Å². The Kier molecular flexibility index (Phi) is 3.21. The van der Waals surface area contributed by atoms with E-state index in [2.05, 4.69) is 9.97 Å². The van der Waals surface area contributed by atoms with Crippen LogP contribution < -0.4 is 5.73 Å². The lowest BCUT2D eigenvalue weighted by Crippen LogP contribution is -2.27. The Labute approximate surface area is 117 Å². The minimum Gasteiger partial charge on any atom is -0.384 e. The first-order chi connectivity index (χ1) is 9.55. The van der Waals surface area contributed by atoms with Gasteiger partial charge in [0.1, 0.15) is 5.82 Å². The van der Waals surface area contributed by atoms with Gasteiger partial charge in [-0.05, 0) is 25.0 Å². The third kappa shape index (κ3) is 2.53. The molecule has 0 aliphatic carbocycles. The molecule has 6 nitrogen and oxygen atoms in total. The standard InChI is InChI=1S/C13H16N4O2S/c14-13-6-10(3-4-16-13)12-7-15-9-17(12)11-2-1-5-20(18,19)8-11/h3-4,6-7,9,11H,1-2,5,8H2,(H2,14,16). The molecule has 0 aromatic carbocycles. The van der Waals surface area contributed by atoms with Crippen molar-refractivity contribution in [1.82, 2.24) is 14.5 Å². The van der Waals surface area contributed by atoms with E-state index >= 15 is 0 Å². The van der Waals surface area contributed by atoms with E-state index in [4.69, 9.17) is 5.73 Å².